The highest BCUT2D eigenvalue weighted by Crippen LogP contribution is 2.44. The third-order valence-corrected chi connectivity index (χ3v) is 5.74. The van der Waals surface area contributed by atoms with Gasteiger partial charge in [-0.3, -0.25) is 5.10 Å². The summed E-state index contributed by atoms with van der Waals surface area (Å²) in [7, 11) is 3.19. The molecule has 1 aromatic carbocycles. The third kappa shape index (κ3) is 4.36. The Hall–Kier alpha value is -3.26. The summed E-state index contributed by atoms with van der Waals surface area (Å²) in [5.41, 5.74) is 8.61. The first kappa shape index (κ1) is 22.0. The number of nitrogens with zero attached hydrogens (tertiary/aromatic N) is 2. The molecule has 3 heterocycles. The Balaban J connectivity index is 1.60. The summed E-state index contributed by atoms with van der Waals surface area (Å²) in [6, 6.07) is 7.82. The molecule has 0 saturated carbocycles. The number of benzene rings is 1. The van der Waals surface area contributed by atoms with Gasteiger partial charge in [0.25, 0.3) is 0 Å². The number of H-pyrrole nitrogens is 1. The third-order valence-electron chi connectivity index (χ3n) is 5.74. The summed E-state index contributed by atoms with van der Waals surface area (Å²) >= 11 is 0. The van der Waals surface area contributed by atoms with E-state index in [9.17, 15) is 5.26 Å². The van der Waals surface area contributed by atoms with Gasteiger partial charge in [-0.1, -0.05) is 6.07 Å². The van der Waals surface area contributed by atoms with E-state index in [1.165, 1.54) is 4.90 Å². The number of hydrogen-bond acceptors (Lipinski definition) is 8. The predicted molar refractivity (Wildman–Crippen MR) is 113 cm³/mol. The number of quaternary nitrogens is 1. The minimum atomic E-state index is -0.464. The van der Waals surface area contributed by atoms with Gasteiger partial charge in [0.2, 0.25) is 11.8 Å². The van der Waals surface area contributed by atoms with Crippen LogP contribution in [0.3, 0.4) is 0 Å². The molecule has 170 valence electrons. The van der Waals surface area contributed by atoms with Crippen molar-refractivity contribution in [2.24, 2.45) is 5.73 Å². The molecule has 4 rings (SSSR count). The van der Waals surface area contributed by atoms with Crippen LogP contribution >= 0.6 is 0 Å². The van der Waals surface area contributed by atoms with Gasteiger partial charge in [0.15, 0.2) is 11.5 Å². The van der Waals surface area contributed by atoms with Crippen molar-refractivity contribution >= 4 is 0 Å². The molecule has 0 radical (unpaired) electrons. The fourth-order valence-electron chi connectivity index (χ4n) is 4.09. The molecule has 1 aromatic heterocycles. The Kier molecular flexibility index (Phi) is 6.80. The van der Waals surface area contributed by atoms with Crippen molar-refractivity contribution in [2.45, 2.75) is 12.5 Å². The highest BCUT2D eigenvalue weighted by molar-refractivity contribution is 5.57. The molecular formula is C22H28N5O5+. The summed E-state index contributed by atoms with van der Waals surface area (Å²) in [6.07, 6.45) is 0. The molecule has 1 saturated heterocycles. The summed E-state index contributed by atoms with van der Waals surface area (Å²) in [5.74, 6) is 1.14. The number of morpholine rings is 1. The lowest BCUT2D eigenvalue weighted by Crippen LogP contribution is -3.14. The minimum absolute atomic E-state index is 0.0354. The quantitative estimate of drug-likeness (QED) is 0.524. The largest absolute Gasteiger partial charge is 0.493 e. The number of allylic oxidation sites excluding steroid dienone is 1. The van der Waals surface area contributed by atoms with Gasteiger partial charge in [0.05, 0.1) is 44.1 Å². The maximum absolute atomic E-state index is 9.80. The van der Waals surface area contributed by atoms with E-state index >= 15 is 0 Å². The second-order valence-corrected chi connectivity index (χ2v) is 7.65. The molecule has 0 aliphatic carbocycles. The molecular weight excluding hydrogens is 414 g/mol. The monoisotopic (exact) mass is 442 g/mol. The van der Waals surface area contributed by atoms with Gasteiger partial charge in [0.1, 0.15) is 37.9 Å². The van der Waals surface area contributed by atoms with Gasteiger partial charge in [-0.25, -0.2) is 0 Å². The molecule has 0 unspecified atom stereocenters. The van der Waals surface area contributed by atoms with E-state index in [4.69, 9.17) is 29.4 Å². The van der Waals surface area contributed by atoms with Crippen LogP contribution in [0.1, 0.15) is 22.7 Å². The van der Waals surface area contributed by atoms with Crippen LogP contribution in [0.2, 0.25) is 0 Å². The van der Waals surface area contributed by atoms with E-state index in [0.29, 0.717) is 36.2 Å². The number of aromatic nitrogens is 2. The zero-order valence-corrected chi connectivity index (χ0v) is 18.3. The number of nitrogens with one attached hydrogen (secondary N) is 2. The molecule has 1 fully saturated rings. The predicted octanol–water partition coefficient (Wildman–Crippen LogP) is 0.0768. The first-order chi connectivity index (χ1) is 15.7. The average Bonchev–Trinajstić information content (AvgIpc) is 3.21. The number of ether oxygens (including phenoxy) is 5. The van der Waals surface area contributed by atoms with E-state index in [1.54, 1.807) is 14.2 Å². The number of nitriles is 1. The van der Waals surface area contributed by atoms with Crippen LogP contribution in [0.4, 0.5) is 0 Å². The first-order valence-electron chi connectivity index (χ1n) is 10.5. The summed E-state index contributed by atoms with van der Waals surface area (Å²) in [4.78, 5) is 1.46. The van der Waals surface area contributed by atoms with Crippen molar-refractivity contribution in [2.75, 3.05) is 53.7 Å². The molecule has 10 heteroatoms. The fourth-order valence-corrected chi connectivity index (χ4v) is 4.09. The van der Waals surface area contributed by atoms with Gasteiger partial charge in [-0.2, -0.15) is 5.26 Å². The molecule has 32 heavy (non-hydrogen) atoms. The van der Waals surface area contributed by atoms with E-state index in [0.717, 1.165) is 49.7 Å². The molecule has 10 nitrogen and oxygen atoms in total. The van der Waals surface area contributed by atoms with E-state index in [-0.39, 0.29) is 5.88 Å². The van der Waals surface area contributed by atoms with Gasteiger partial charge in [0, 0.05) is 7.11 Å². The lowest BCUT2D eigenvalue weighted by Gasteiger charge is -2.25. The standard InChI is InChI=1S/C22H27N5O5/c1-28-13-16-20-19(15(12-23)21(24)32-22(20)26-25-16)14-3-4-17(18(11-14)29-2)31-10-7-27-5-8-30-9-6-27/h3-4,11,19H,5-10,13,24H2,1-2H3,(H,25,26)/p+1/t19-/m1/s1. The Bertz CT molecular complexity index is 1020. The molecule has 0 bridgehead atoms. The Morgan fingerprint density at radius 1 is 1.28 bits per heavy atom. The van der Waals surface area contributed by atoms with Crippen molar-refractivity contribution < 1.29 is 28.6 Å². The van der Waals surface area contributed by atoms with Crippen LogP contribution in [0.15, 0.2) is 29.7 Å². The van der Waals surface area contributed by atoms with E-state index in [2.05, 4.69) is 16.3 Å². The zero-order valence-electron chi connectivity index (χ0n) is 18.3. The topological polar surface area (TPSA) is 129 Å². The van der Waals surface area contributed by atoms with Gasteiger partial charge >= 0.3 is 0 Å². The molecule has 1 atom stereocenters. The van der Waals surface area contributed by atoms with Crippen LogP contribution in [-0.4, -0.2) is 63.9 Å². The molecule has 4 N–H and O–H groups in total. The average molecular weight is 442 g/mol. The Morgan fingerprint density at radius 3 is 2.81 bits per heavy atom. The van der Waals surface area contributed by atoms with Crippen LogP contribution in [0.5, 0.6) is 17.4 Å². The normalized spacial score (nSPS) is 18.6. The molecule has 0 spiro atoms. The van der Waals surface area contributed by atoms with Crippen molar-refractivity contribution in [3.05, 3.63) is 46.5 Å². The van der Waals surface area contributed by atoms with Crippen LogP contribution in [0.25, 0.3) is 0 Å². The number of aromatic amines is 1. The summed E-state index contributed by atoms with van der Waals surface area (Å²) in [5, 5.41) is 16.9. The van der Waals surface area contributed by atoms with Crippen molar-refractivity contribution in [3.63, 3.8) is 0 Å². The summed E-state index contributed by atoms with van der Waals surface area (Å²) in [6.45, 7) is 5.32. The van der Waals surface area contributed by atoms with Crippen LogP contribution < -0.4 is 24.8 Å². The molecule has 2 aliphatic heterocycles. The molecule has 2 aromatic rings. The minimum Gasteiger partial charge on any atom is -0.493 e. The number of nitrogens with two attached hydrogens (primary N) is 1. The lowest BCUT2D eigenvalue weighted by atomic mass is 9.84. The summed E-state index contributed by atoms with van der Waals surface area (Å²) < 4.78 is 27.9. The number of rotatable bonds is 8. The van der Waals surface area contributed by atoms with Gasteiger partial charge < -0.3 is 34.3 Å². The van der Waals surface area contributed by atoms with Crippen molar-refractivity contribution in [1.82, 2.24) is 10.2 Å². The maximum atomic E-state index is 9.80. The zero-order chi connectivity index (χ0) is 22.5. The highest BCUT2D eigenvalue weighted by Gasteiger charge is 2.35. The first-order valence-corrected chi connectivity index (χ1v) is 10.5. The second-order valence-electron chi connectivity index (χ2n) is 7.65. The Morgan fingerprint density at radius 2 is 2.09 bits per heavy atom. The number of fused-ring (bicyclic) bond motifs is 1. The van der Waals surface area contributed by atoms with E-state index in [1.807, 2.05) is 18.2 Å². The fraction of sp³-hybridized carbons (Fsp3) is 0.455. The van der Waals surface area contributed by atoms with E-state index < -0.39 is 5.92 Å². The van der Waals surface area contributed by atoms with Crippen LogP contribution in [0, 0.1) is 11.3 Å². The van der Waals surface area contributed by atoms with Crippen molar-refractivity contribution in [3.8, 4) is 23.4 Å². The second kappa shape index (κ2) is 9.91. The van der Waals surface area contributed by atoms with Gasteiger partial charge in [-0.05, 0) is 17.7 Å². The smallest absolute Gasteiger partial charge is 0.244 e. The SMILES string of the molecule is COCc1[nH]nc2c1[C@H](c1ccc(OCC[NH+]3CCOCC3)c(OC)c1)C(C#N)=C(N)O2. The maximum Gasteiger partial charge on any atom is 0.244 e. The van der Waals surface area contributed by atoms with Crippen molar-refractivity contribution in [1.29, 1.82) is 5.26 Å². The number of hydrogen-bond donors (Lipinski definition) is 3. The molecule has 2 aliphatic rings. The lowest BCUT2D eigenvalue weighted by molar-refractivity contribution is -0.908. The molecule has 0 amide bonds. The number of methoxy groups -OCH3 is 2. The Labute approximate surface area is 186 Å². The van der Waals surface area contributed by atoms with Crippen LogP contribution in [-0.2, 0) is 16.1 Å². The van der Waals surface area contributed by atoms with Gasteiger partial charge in [-0.15, -0.1) is 5.10 Å². The highest BCUT2D eigenvalue weighted by atomic mass is 16.5.